The fraction of sp³-hybridized carbons (Fsp3) is 0.562. The number of fused-ring (bicyclic) bond motifs is 1. The summed E-state index contributed by atoms with van der Waals surface area (Å²) in [5.41, 5.74) is 1.98. The molecule has 0 atom stereocenters. The molecule has 1 aliphatic heterocycles. The molecule has 0 unspecified atom stereocenters. The third-order valence-electron chi connectivity index (χ3n) is 4.01. The lowest BCUT2D eigenvalue weighted by atomic mass is 9.99. The van der Waals surface area contributed by atoms with Gasteiger partial charge in [0.25, 0.3) is 0 Å². The van der Waals surface area contributed by atoms with Crippen LogP contribution in [0.2, 0.25) is 0 Å². The van der Waals surface area contributed by atoms with Crippen LogP contribution in [-0.2, 0) is 22.5 Å². The van der Waals surface area contributed by atoms with E-state index in [1.54, 1.807) is 6.07 Å². The van der Waals surface area contributed by atoms with Gasteiger partial charge in [0.2, 0.25) is 5.91 Å². The monoisotopic (exact) mass is 292 g/mol. The quantitative estimate of drug-likeness (QED) is 0.791. The van der Waals surface area contributed by atoms with Crippen LogP contribution in [0.3, 0.4) is 0 Å². The minimum Gasteiger partial charge on any atom is -0.381 e. The molecule has 1 saturated carbocycles. The van der Waals surface area contributed by atoms with Gasteiger partial charge in [-0.1, -0.05) is 6.07 Å². The molecule has 2 aliphatic rings. The Balaban J connectivity index is 1.52. The Labute approximate surface area is 124 Å². The van der Waals surface area contributed by atoms with E-state index >= 15 is 0 Å². The fourth-order valence-corrected chi connectivity index (χ4v) is 2.54. The van der Waals surface area contributed by atoms with E-state index in [0.29, 0.717) is 25.5 Å². The summed E-state index contributed by atoms with van der Waals surface area (Å²) >= 11 is 0. The van der Waals surface area contributed by atoms with Crippen LogP contribution in [0.5, 0.6) is 0 Å². The molecule has 1 amide bonds. The number of carbonyl (C=O) groups excluding carboxylic acids is 1. The van der Waals surface area contributed by atoms with Gasteiger partial charge in [0.05, 0.1) is 18.7 Å². The lowest BCUT2D eigenvalue weighted by Crippen LogP contribution is -2.25. The van der Waals surface area contributed by atoms with Crippen molar-refractivity contribution < 1.29 is 13.9 Å². The van der Waals surface area contributed by atoms with Crippen molar-refractivity contribution in [3.05, 3.63) is 29.1 Å². The predicted molar refractivity (Wildman–Crippen MR) is 78.6 cm³/mol. The number of halogens is 1. The Morgan fingerprint density at radius 2 is 2.29 bits per heavy atom. The Hall–Kier alpha value is -1.46. The SMILES string of the molecule is O=C(CCOCC1CC1)Nc1ccc2c(c1F)CCNC2. The predicted octanol–water partition coefficient (Wildman–Crippen LogP) is 2.23. The number of nitrogens with one attached hydrogen (secondary N) is 2. The van der Waals surface area contributed by atoms with Gasteiger partial charge in [-0.05, 0) is 48.9 Å². The summed E-state index contributed by atoms with van der Waals surface area (Å²) in [5.74, 6) is 0.208. The molecule has 1 heterocycles. The third kappa shape index (κ3) is 3.80. The smallest absolute Gasteiger partial charge is 0.226 e. The van der Waals surface area contributed by atoms with Gasteiger partial charge in [0, 0.05) is 13.2 Å². The van der Waals surface area contributed by atoms with Crippen LogP contribution in [-0.4, -0.2) is 25.7 Å². The standard InChI is InChI=1S/C16H21FN2O2/c17-16-13-5-7-18-9-12(13)3-4-14(16)19-15(20)6-8-21-10-11-1-2-11/h3-4,11,18H,1-2,5-10H2,(H,19,20). The van der Waals surface area contributed by atoms with Crippen LogP contribution in [0, 0.1) is 11.7 Å². The highest BCUT2D eigenvalue weighted by molar-refractivity contribution is 5.91. The molecule has 0 radical (unpaired) electrons. The number of benzene rings is 1. The van der Waals surface area contributed by atoms with Gasteiger partial charge in [-0.25, -0.2) is 4.39 Å². The van der Waals surface area contributed by atoms with Crippen molar-refractivity contribution in [3.8, 4) is 0 Å². The van der Waals surface area contributed by atoms with Gasteiger partial charge >= 0.3 is 0 Å². The van der Waals surface area contributed by atoms with Crippen molar-refractivity contribution in [3.63, 3.8) is 0 Å². The zero-order chi connectivity index (χ0) is 14.7. The third-order valence-corrected chi connectivity index (χ3v) is 4.01. The molecule has 1 aromatic carbocycles. The normalized spacial score (nSPS) is 17.4. The first kappa shape index (κ1) is 14.5. The lowest BCUT2D eigenvalue weighted by Gasteiger charge is -2.19. The molecule has 0 aromatic heterocycles. The van der Waals surface area contributed by atoms with Crippen molar-refractivity contribution in [2.75, 3.05) is 25.1 Å². The zero-order valence-corrected chi connectivity index (χ0v) is 12.1. The van der Waals surface area contributed by atoms with Crippen molar-refractivity contribution >= 4 is 11.6 Å². The maximum absolute atomic E-state index is 14.3. The summed E-state index contributed by atoms with van der Waals surface area (Å²) in [7, 11) is 0. The van der Waals surface area contributed by atoms with E-state index in [1.807, 2.05) is 6.07 Å². The number of hydrogen-bond acceptors (Lipinski definition) is 3. The van der Waals surface area contributed by atoms with Gasteiger partial charge in [0.1, 0.15) is 5.82 Å². The second-order valence-electron chi connectivity index (χ2n) is 5.81. The van der Waals surface area contributed by atoms with Gasteiger partial charge in [-0.2, -0.15) is 0 Å². The fourth-order valence-electron chi connectivity index (χ4n) is 2.54. The van der Waals surface area contributed by atoms with Crippen LogP contribution in [0.1, 0.15) is 30.4 Å². The maximum Gasteiger partial charge on any atom is 0.226 e. The molecule has 1 fully saturated rings. The van der Waals surface area contributed by atoms with E-state index in [-0.39, 0.29) is 23.8 Å². The van der Waals surface area contributed by atoms with Crippen molar-refractivity contribution in [2.24, 2.45) is 5.92 Å². The molecule has 21 heavy (non-hydrogen) atoms. The average molecular weight is 292 g/mol. The van der Waals surface area contributed by atoms with Crippen LogP contribution < -0.4 is 10.6 Å². The Bertz CT molecular complexity index is 529. The first-order valence-electron chi connectivity index (χ1n) is 7.62. The summed E-state index contributed by atoms with van der Waals surface area (Å²) < 4.78 is 19.8. The number of ether oxygens (including phenoxy) is 1. The Kier molecular flexibility index (Phi) is 4.51. The molecule has 4 nitrogen and oxygen atoms in total. The van der Waals surface area contributed by atoms with Crippen LogP contribution >= 0.6 is 0 Å². The van der Waals surface area contributed by atoms with E-state index in [4.69, 9.17) is 4.74 Å². The Morgan fingerprint density at radius 1 is 1.43 bits per heavy atom. The zero-order valence-electron chi connectivity index (χ0n) is 12.1. The summed E-state index contributed by atoms with van der Waals surface area (Å²) in [6, 6.07) is 3.52. The number of amides is 1. The van der Waals surface area contributed by atoms with E-state index in [9.17, 15) is 9.18 Å². The van der Waals surface area contributed by atoms with Crippen LogP contribution in [0.25, 0.3) is 0 Å². The van der Waals surface area contributed by atoms with Crippen molar-refractivity contribution in [2.45, 2.75) is 32.2 Å². The average Bonchev–Trinajstić information content (AvgIpc) is 3.31. The minimum absolute atomic E-state index is 0.196. The second-order valence-corrected chi connectivity index (χ2v) is 5.81. The number of rotatable bonds is 6. The van der Waals surface area contributed by atoms with Gasteiger partial charge < -0.3 is 15.4 Å². The highest BCUT2D eigenvalue weighted by Gasteiger charge is 2.21. The van der Waals surface area contributed by atoms with Crippen LogP contribution in [0.15, 0.2) is 12.1 Å². The molecule has 5 heteroatoms. The van der Waals surface area contributed by atoms with Gasteiger partial charge in [0.15, 0.2) is 0 Å². The first-order valence-corrected chi connectivity index (χ1v) is 7.62. The molecule has 0 spiro atoms. The molecule has 0 bridgehead atoms. The lowest BCUT2D eigenvalue weighted by molar-refractivity contribution is -0.117. The molecular weight excluding hydrogens is 271 g/mol. The van der Waals surface area contributed by atoms with E-state index in [0.717, 1.165) is 24.3 Å². The van der Waals surface area contributed by atoms with Gasteiger partial charge in [-0.3, -0.25) is 4.79 Å². The molecule has 3 rings (SSSR count). The number of anilines is 1. The molecular formula is C16H21FN2O2. The maximum atomic E-state index is 14.3. The van der Waals surface area contributed by atoms with E-state index in [2.05, 4.69) is 10.6 Å². The van der Waals surface area contributed by atoms with E-state index in [1.165, 1.54) is 12.8 Å². The highest BCUT2D eigenvalue weighted by Crippen LogP contribution is 2.28. The number of carbonyl (C=O) groups is 1. The molecule has 1 aromatic rings. The highest BCUT2D eigenvalue weighted by atomic mass is 19.1. The van der Waals surface area contributed by atoms with Crippen LogP contribution in [0.4, 0.5) is 10.1 Å². The topological polar surface area (TPSA) is 50.4 Å². The summed E-state index contributed by atoms with van der Waals surface area (Å²) in [5, 5.41) is 5.86. The van der Waals surface area contributed by atoms with Crippen molar-refractivity contribution in [1.82, 2.24) is 5.32 Å². The second kappa shape index (κ2) is 6.54. The summed E-state index contributed by atoms with van der Waals surface area (Å²) in [6.45, 7) is 2.61. The first-order chi connectivity index (χ1) is 10.2. The Morgan fingerprint density at radius 3 is 3.10 bits per heavy atom. The largest absolute Gasteiger partial charge is 0.381 e. The number of hydrogen-bond donors (Lipinski definition) is 2. The molecule has 1 aliphatic carbocycles. The van der Waals surface area contributed by atoms with Crippen molar-refractivity contribution in [1.29, 1.82) is 0 Å². The molecule has 114 valence electrons. The van der Waals surface area contributed by atoms with Gasteiger partial charge in [-0.15, -0.1) is 0 Å². The molecule has 2 N–H and O–H groups in total. The summed E-state index contributed by atoms with van der Waals surface area (Å²) in [6.07, 6.45) is 3.41. The minimum atomic E-state index is -0.291. The van der Waals surface area contributed by atoms with E-state index < -0.39 is 0 Å². The molecule has 0 saturated heterocycles. The summed E-state index contributed by atoms with van der Waals surface area (Å²) in [4.78, 5) is 11.8.